The maximum atomic E-state index is 13.4. The van der Waals surface area contributed by atoms with Crippen molar-refractivity contribution in [1.82, 2.24) is 5.32 Å². The van der Waals surface area contributed by atoms with Crippen LogP contribution < -0.4 is 5.32 Å². The molecule has 0 atom stereocenters. The van der Waals surface area contributed by atoms with Gasteiger partial charge in [0.25, 0.3) is 0 Å². The number of alkyl halides is 1. The SMILES string of the molecule is Fc1c(Cl)cccc1CNCCOCCCl. The number of benzene rings is 1. The maximum Gasteiger partial charge on any atom is 0.146 e. The van der Waals surface area contributed by atoms with Gasteiger partial charge in [0.2, 0.25) is 0 Å². The second kappa shape index (κ2) is 7.85. The van der Waals surface area contributed by atoms with E-state index in [4.69, 9.17) is 27.9 Å². The molecule has 1 rings (SSSR count). The van der Waals surface area contributed by atoms with Gasteiger partial charge in [-0.2, -0.15) is 0 Å². The second-order valence-electron chi connectivity index (χ2n) is 3.19. The van der Waals surface area contributed by atoms with Crippen LogP contribution in [0, 0.1) is 5.82 Å². The number of hydrogen-bond donors (Lipinski definition) is 1. The van der Waals surface area contributed by atoms with Crippen molar-refractivity contribution in [2.45, 2.75) is 6.54 Å². The highest BCUT2D eigenvalue weighted by Crippen LogP contribution is 2.17. The normalized spacial score (nSPS) is 10.7. The van der Waals surface area contributed by atoms with E-state index >= 15 is 0 Å². The standard InChI is InChI=1S/C11H14Cl2FNO/c12-4-6-16-7-5-15-8-9-2-1-3-10(13)11(9)14/h1-3,15H,4-8H2. The molecule has 1 N–H and O–H groups in total. The summed E-state index contributed by atoms with van der Waals surface area (Å²) in [5, 5.41) is 3.21. The summed E-state index contributed by atoms with van der Waals surface area (Å²) in [7, 11) is 0. The van der Waals surface area contributed by atoms with E-state index in [1.54, 1.807) is 12.1 Å². The summed E-state index contributed by atoms with van der Waals surface area (Å²) in [5.41, 5.74) is 0.560. The summed E-state index contributed by atoms with van der Waals surface area (Å²) in [6.45, 7) is 2.20. The van der Waals surface area contributed by atoms with E-state index in [1.807, 2.05) is 0 Å². The Bertz CT molecular complexity index is 323. The van der Waals surface area contributed by atoms with Gasteiger partial charge in [0.15, 0.2) is 0 Å². The fraction of sp³-hybridized carbons (Fsp3) is 0.455. The minimum absolute atomic E-state index is 0.151. The van der Waals surface area contributed by atoms with Gasteiger partial charge >= 0.3 is 0 Å². The molecule has 1 aromatic rings. The highest BCUT2D eigenvalue weighted by Gasteiger charge is 2.04. The Labute approximate surface area is 105 Å². The first kappa shape index (κ1) is 13.7. The van der Waals surface area contributed by atoms with E-state index in [-0.39, 0.29) is 10.8 Å². The molecule has 0 spiro atoms. The van der Waals surface area contributed by atoms with E-state index in [0.717, 1.165) is 0 Å². The van der Waals surface area contributed by atoms with Crippen LogP contribution in [0.5, 0.6) is 0 Å². The van der Waals surface area contributed by atoms with Gasteiger partial charge < -0.3 is 10.1 Å². The summed E-state index contributed by atoms with van der Waals surface area (Å²) < 4.78 is 18.6. The monoisotopic (exact) mass is 265 g/mol. The first-order chi connectivity index (χ1) is 7.75. The van der Waals surface area contributed by atoms with Gasteiger partial charge in [-0.3, -0.25) is 0 Å². The molecule has 2 nitrogen and oxygen atoms in total. The molecular weight excluding hydrogens is 252 g/mol. The van der Waals surface area contributed by atoms with Gasteiger partial charge in [-0.25, -0.2) is 4.39 Å². The van der Waals surface area contributed by atoms with Crippen LogP contribution in [0.1, 0.15) is 5.56 Å². The Balaban J connectivity index is 2.24. The molecule has 0 radical (unpaired) electrons. The van der Waals surface area contributed by atoms with Gasteiger partial charge in [0.05, 0.1) is 18.2 Å². The number of rotatable bonds is 7. The van der Waals surface area contributed by atoms with Gasteiger partial charge in [0, 0.05) is 24.5 Å². The molecule has 0 fully saturated rings. The van der Waals surface area contributed by atoms with Crippen molar-refractivity contribution in [2.75, 3.05) is 25.6 Å². The molecule has 0 unspecified atom stereocenters. The Hall–Kier alpha value is -0.350. The molecule has 1 aromatic carbocycles. The lowest BCUT2D eigenvalue weighted by atomic mass is 10.2. The molecule has 0 saturated carbocycles. The summed E-state index contributed by atoms with van der Waals surface area (Å²) in [5.74, 6) is 0.126. The lowest BCUT2D eigenvalue weighted by Gasteiger charge is -2.07. The zero-order chi connectivity index (χ0) is 11.8. The van der Waals surface area contributed by atoms with Gasteiger partial charge in [-0.15, -0.1) is 11.6 Å². The number of ether oxygens (including phenoxy) is 1. The Kier molecular flexibility index (Phi) is 6.73. The average molecular weight is 266 g/mol. The molecule has 0 amide bonds. The average Bonchev–Trinajstić information content (AvgIpc) is 2.29. The molecular formula is C11H14Cl2FNO. The van der Waals surface area contributed by atoms with Crippen LogP contribution in [0.3, 0.4) is 0 Å². The molecule has 0 heterocycles. The third-order valence-electron chi connectivity index (χ3n) is 1.99. The molecule has 16 heavy (non-hydrogen) atoms. The fourth-order valence-corrected chi connectivity index (χ4v) is 1.51. The van der Waals surface area contributed by atoms with Gasteiger partial charge in [0.1, 0.15) is 5.82 Å². The van der Waals surface area contributed by atoms with Gasteiger partial charge in [-0.1, -0.05) is 23.7 Å². The highest BCUT2D eigenvalue weighted by molar-refractivity contribution is 6.30. The highest BCUT2D eigenvalue weighted by atomic mass is 35.5. The molecule has 0 aliphatic carbocycles. The first-order valence-corrected chi connectivity index (χ1v) is 5.94. The minimum Gasteiger partial charge on any atom is -0.379 e. The predicted molar refractivity (Wildman–Crippen MR) is 64.7 cm³/mol. The van der Waals surface area contributed by atoms with Crippen LogP contribution in [-0.2, 0) is 11.3 Å². The maximum absolute atomic E-state index is 13.4. The van der Waals surface area contributed by atoms with Crippen molar-refractivity contribution in [2.24, 2.45) is 0 Å². The molecule has 0 saturated heterocycles. The molecule has 0 aliphatic heterocycles. The summed E-state index contributed by atoms with van der Waals surface area (Å²) in [6.07, 6.45) is 0. The lowest BCUT2D eigenvalue weighted by molar-refractivity contribution is 0.150. The van der Waals surface area contributed by atoms with E-state index in [2.05, 4.69) is 5.32 Å². The van der Waals surface area contributed by atoms with Crippen LogP contribution in [0.25, 0.3) is 0 Å². The van der Waals surface area contributed by atoms with Crippen LogP contribution in [0.4, 0.5) is 4.39 Å². The van der Waals surface area contributed by atoms with Crippen LogP contribution in [0.15, 0.2) is 18.2 Å². The number of halogens is 3. The summed E-state index contributed by atoms with van der Waals surface area (Å²) in [4.78, 5) is 0. The van der Waals surface area contributed by atoms with E-state index in [0.29, 0.717) is 37.7 Å². The molecule has 0 aliphatic rings. The van der Waals surface area contributed by atoms with Crippen molar-refractivity contribution < 1.29 is 9.13 Å². The third-order valence-corrected chi connectivity index (χ3v) is 2.44. The van der Waals surface area contributed by atoms with Crippen LogP contribution in [0.2, 0.25) is 5.02 Å². The largest absolute Gasteiger partial charge is 0.379 e. The van der Waals surface area contributed by atoms with Crippen molar-refractivity contribution >= 4 is 23.2 Å². The molecule has 0 bridgehead atoms. The molecule has 5 heteroatoms. The predicted octanol–water partition coefficient (Wildman–Crippen LogP) is 2.82. The quantitative estimate of drug-likeness (QED) is 0.605. The summed E-state index contributed by atoms with van der Waals surface area (Å²) in [6, 6.07) is 4.96. The zero-order valence-electron chi connectivity index (χ0n) is 8.81. The zero-order valence-corrected chi connectivity index (χ0v) is 10.3. The number of hydrogen-bond acceptors (Lipinski definition) is 2. The van der Waals surface area contributed by atoms with Crippen molar-refractivity contribution in [3.8, 4) is 0 Å². The molecule has 90 valence electrons. The van der Waals surface area contributed by atoms with Crippen molar-refractivity contribution in [1.29, 1.82) is 0 Å². The van der Waals surface area contributed by atoms with Gasteiger partial charge in [-0.05, 0) is 6.07 Å². The fourth-order valence-electron chi connectivity index (χ4n) is 1.21. The first-order valence-electron chi connectivity index (χ1n) is 5.03. The Morgan fingerprint density at radius 1 is 1.31 bits per heavy atom. The van der Waals surface area contributed by atoms with Crippen LogP contribution in [-0.4, -0.2) is 25.6 Å². The van der Waals surface area contributed by atoms with Crippen molar-refractivity contribution in [3.05, 3.63) is 34.6 Å². The van der Waals surface area contributed by atoms with E-state index < -0.39 is 0 Å². The Morgan fingerprint density at radius 2 is 2.12 bits per heavy atom. The van der Waals surface area contributed by atoms with E-state index in [9.17, 15) is 4.39 Å². The topological polar surface area (TPSA) is 21.3 Å². The van der Waals surface area contributed by atoms with Crippen molar-refractivity contribution in [3.63, 3.8) is 0 Å². The molecule has 0 aromatic heterocycles. The lowest BCUT2D eigenvalue weighted by Crippen LogP contribution is -2.20. The minimum atomic E-state index is -0.363. The summed E-state index contributed by atoms with van der Waals surface area (Å²) >= 11 is 11.1. The smallest absolute Gasteiger partial charge is 0.146 e. The van der Waals surface area contributed by atoms with Crippen LogP contribution >= 0.6 is 23.2 Å². The number of nitrogens with one attached hydrogen (secondary N) is 1. The third kappa shape index (κ3) is 4.66. The van der Waals surface area contributed by atoms with E-state index in [1.165, 1.54) is 6.07 Å². The Morgan fingerprint density at radius 3 is 2.88 bits per heavy atom. The second-order valence-corrected chi connectivity index (χ2v) is 3.98.